The number of fused-ring (bicyclic) bond motifs is 2. The van der Waals surface area contributed by atoms with Crippen LogP contribution in [-0.2, 0) is 10.0 Å². The topological polar surface area (TPSA) is 37.4 Å². The number of nitrogens with zero attached hydrogens (tertiary/aromatic N) is 1. The van der Waals surface area contributed by atoms with Gasteiger partial charge in [-0.05, 0) is 37.8 Å². The van der Waals surface area contributed by atoms with Crippen molar-refractivity contribution in [3.05, 3.63) is 42.0 Å². The maximum Gasteiger partial charge on any atom is 0.243 e. The molecule has 1 aromatic carbocycles. The van der Waals surface area contributed by atoms with Crippen molar-refractivity contribution < 1.29 is 8.42 Å². The van der Waals surface area contributed by atoms with Crippen molar-refractivity contribution >= 4 is 10.0 Å². The lowest BCUT2D eigenvalue weighted by Crippen LogP contribution is -2.48. The Kier molecular flexibility index (Phi) is 2.79. The predicted octanol–water partition coefficient (Wildman–Crippen LogP) is 2.33. The van der Waals surface area contributed by atoms with Crippen LogP contribution in [0, 0.1) is 12.8 Å². The smallest absolute Gasteiger partial charge is 0.207 e. The van der Waals surface area contributed by atoms with Crippen molar-refractivity contribution in [2.45, 2.75) is 30.7 Å². The molecule has 1 aromatic rings. The first-order valence-electron chi connectivity index (χ1n) is 6.34. The summed E-state index contributed by atoms with van der Waals surface area (Å²) in [5.74, 6) is 0.398. The first kappa shape index (κ1) is 11.9. The summed E-state index contributed by atoms with van der Waals surface area (Å²) < 4.78 is 26.8. The van der Waals surface area contributed by atoms with Crippen LogP contribution in [0.15, 0.2) is 41.3 Å². The first-order valence-corrected chi connectivity index (χ1v) is 7.78. The highest BCUT2D eigenvalue weighted by Crippen LogP contribution is 2.33. The van der Waals surface area contributed by atoms with E-state index in [4.69, 9.17) is 0 Å². The normalized spacial score (nSPS) is 27.6. The molecule has 3 aliphatic rings. The molecule has 2 unspecified atom stereocenters. The third kappa shape index (κ3) is 1.89. The monoisotopic (exact) mass is 263 g/mol. The summed E-state index contributed by atoms with van der Waals surface area (Å²) in [6, 6.07) is 7.17. The molecule has 1 aliphatic carbocycles. The van der Waals surface area contributed by atoms with E-state index in [0.717, 1.165) is 18.4 Å². The van der Waals surface area contributed by atoms with E-state index in [9.17, 15) is 8.42 Å². The van der Waals surface area contributed by atoms with E-state index in [1.807, 2.05) is 25.1 Å². The summed E-state index contributed by atoms with van der Waals surface area (Å²) in [5.41, 5.74) is 1.08. The van der Waals surface area contributed by atoms with E-state index in [1.165, 1.54) is 0 Å². The highest BCUT2D eigenvalue weighted by atomic mass is 32.2. The van der Waals surface area contributed by atoms with Gasteiger partial charge in [-0.2, -0.15) is 4.31 Å². The Morgan fingerprint density at radius 3 is 2.33 bits per heavy atom. The van der Waals surface area contributed by atoms with Crippen molar-refractivity contribution in [1.29, 1.82) is 0 Å². The van der Waals surface area contributed by atoms with Crippen LogP contribution < -0.4 is 0 Å². The van der Waals surface area contributed by atoms with Crippen LogP contribution in [0.5, 0.6) is 0 Å². The molecule has 3 nitrogen and oxygen atoms in total. The van der Waals surface area contributed by atoms with Crippen LogP contribution in [0.2, 0.25) is 0 Å². The largest absolute Gasteiger partial charge is 0.243 e. The maximum atomic E-state index is 12.6. The van der Waals surface area contributed by atoms with Crippen LogP contribution in [-0.4, -0.2) is 25.3 Å². The van der Waals surface area contributed by atoms with Crippen LogP contribution in [0.25, 0.3) is 0 Å². The SMILES string of the molecule is Cc1ccc(S(=O)(=O)N2CC3C=CC2CC3)cc1. The summed E-state index contributed by atoms with van der Waals surface area (Å²) in [7, 11) is -3.33. The van der Waals surface area contributed by atoms with Gasteiger partial charge < -0.3 is 0 Å². The second-order valence-electron chi connectivity index (χ2n) is 5.18. The second kappa shape index (κ2) is 4.21. The number of sulfonamides is 1. The molecule has 0 radical (unpaired) electrons. The maximum absolute atomic E-state index is 12.6. The summed E-state index contributed by atoms with van der Waals surface area (Å²) >= 11 is 0. The molecule has 4 heteroatoms. The molecule has 96 valence electrons. The Bertz CT molecular complexity index is 574. The van der Waals surface area contributed by atoms with Crippen molar-refractivity contribution in [3.8, 4) is 0 Å². The van der Waals surface area contributed by atoms with Gasteiger partial charge in [0.2, 0.25) is 10.0 Å². The molecule has 0 N–H and O–H groups in total. The zero-order chi connectivity index (χ0) is 12.8. The van der Waals surface area contributed by atoms with Crippen LogP contribution >= 0.6 is 0 Å². The Balaban J connectivity index is 1.96. The summed E-state index contributed by atoms with van der Waals surface area (Å²) in [4.78, 5) is 0.411. The molecule has 18 heavy (non-hydrogen) atoms. The van der Waals surface area contributed by atoms with Gasteiger partial charge in [-0.3, -0.25) is 0 Å². The number of piperidine rings is 1. The van der Waals surface area contributed by atoms with Gasteiger partial charge in [-0.15, -0.1) is 0 Å². The van der Waals surface area contributed by atoms with E-state index in [0.29, 0.717) is 17.4 Å². The number of aryl methyl sites for hydroxylation is 1. The highest BCUT2D eigenvalue weighted by molar-refractivity contribution is 7.89. The van der Waals surface area contributed by atoms with Gasteiger partial charge in [0.05, 0.1) is 4.90 Å². The van der Waals surface area contributed by atoms with Crippen LogP contribution in [0.4, 0.5) is 0 Å². The fraction of sp³-hybridized carbons (Fsp3) is 0.429. The number of rotatable bonds is 2. The van der Waals surface area contributed by atoms with Gasteiger partial charge in [0.25, 0.3) is 0 Å². The molecule has 0 saturated carbocycles. The van der Waals surface area contributed by atoms with E-state index >= 15 is 0 Å². The molecular weight excluding hydrogens is 246 g/mol. The highest BCUT2D eigenvalue weighted by Gasteiger charge is 2.37. The third-order valence-electron chi connectivity index (χ3n) is 3.85. The molecule has 2 bridgehead atoms. The molecule has 1 saturated heterocycles. The van der Waals surface area contributed by atoms with Gasteiger partial charge in [0.1, 0.15) is 0 Å². The molecular formula is C14H17NO2S. The summed E-state index contributed by atoms with van der Waals surface area (Å²) in [6.07, 6.45) is 6.27. The quantitative estimate of drug-likeness (QED) is 0.768. The van der Waals surface area contributed by atoms with E-state index in [-0.39, 0.29) is 6.04 Å². The molecule has 1 fully saturated rings. The molecule has 2 atom stereocenters. The lowest BCUT2D eigenvalue weighted by molar-refractivity contribution is 0.233. The Morgan fingerprint density at radius 1 is 1.11 bits per heavy atom. The predicted molar refractivity (Wildman–Crippen MR) is 70.7 cm³/mol. The molecule has 2 aliphatic heterocycles. The van der Waals surface area contributed by atoms with Crippen molar-refractivity contribution in [3.63, 3.8) is 0 Å². The molecule has 4 rings (SSSR count). The molecule has 0 aromatic heterocycles. The zero-order valence-electron chi connectivity index (χ0n) is 10.4. The Hall–Kier alpha value is -1.13. The fourth-order valence-corrected chi connectivity index (χ4v) is 4.41. The van der Waals surface area contributed by atoms with Gasteiger partial charge in [0, 0.05) is 12.6 Å². The third-order valence-corrected chi connectivity index (χ3v) is 5.76. The average molecular weight is 263 g/mol. The van der Waals surface area contributed by atoms with Crippen molar-refractivity contribution in [1.82, 2.24) is 4.31 Å². The summed E-state index contributed by atoms with van der Waals surface area (Å²) in [6.45, 7) is 2.60. The molecule has 0 amide bonds. The van der Waals surface area contributed by atoms with Gasteiger partial charge in [-0.1, -0.05) is 29.8 Å². The zero-order valence-corrected chi connectivity index (χ0v) is 11.2. The van der Waals surface area contributed by atoms with E-state index < -0.39 is 10.0 Å². The van der Waals surface area contributed by atoms with E-state index in [1.54, 1.807) is 16.4 Å². The van der Waals surface area contributed by atoms with Crippen LogP contribution in [0.3, 0.4) is 0 Å². The summed E-state index contributed by atoms with van der Waals surface area (Å²) in [5, 5.41) is 0. The minimum atomic E-state index is -3.33. The average Bonchev–Trinajstić information content (AvgIpc) is 2.40. The minimum Gasteiger partial charge on any atom is -0.207 e. The van der Waals surface area contributed by atoms with Crippen LogP contribution in [0.1, 0.15) is 18.4 Å². The minimum absolute atomic E-state index is 0.0568. The number of benzene rings is 1. The Labute approximate surface area is 108 Å². The molecule has 0 spiro atoms. The van der Waals surface area contributed by atoms with Gasteiger partial charge >= 0.3 is 0 Å². The van der Waals surface area contributed by atoms with Gasteiger partial charge in [0.15, 0.2) is 0 Å². The standard InChI is InChI=1S/C14H17NO2S/c1-11-2-8-14(9-3-11)18(16,17)15-10-12-4-6-13(15)7-5-12/h2-4,6,8-9,12-13H,5,7,10H2,1H3. The first-order chi connectivity index (χ1) is 8.57. The van der Waals surface area contributed by atoms with Crippen molar-refractivity contribution in [2.75, 3.05) is 6.54 Å². The second-order valence-corrected chi connectivity index (χ2v) is 7.07. The lowest BCUT2D eigenvalue weighted by atomic mass is 9.88. The number of hydrogen-bond acceptors (Lipinski definition) is 2. The van der Waals surface area contributed by atoms with Gasteiger partial charge in [-0.25, -0.2) is 8.42 Å². The Morgan fingerprint density at radius 2 is 1.83 bits per heavy atom. The van der Waals surface area contributed by atoms with E-state index in [2.05, 4.69) is 6.08 Å². The fourth-order valence-electron chi connectivity index (χ4n) is 2.74. The van der Waals surface area contributed by atoms with Crippen molar-refractivity contribution in [2.24, 2.45) is 5.92 Å². The lowest BCUT2D eigenvalue weighted by Gasteiger charge is -2.40. The molecule has 2 heterocycles. The number of hydrogen-bond donors (Lipinski definition) is 0.